The molecular formula is C19H25NO. The fourth-order valence-electron chi connectivity index (χ4n) is 3.29. The molecule has 1 saturated heterocycles. The molecule has 2 unspecified atom stereocenters. The molecule has 0 radical (unpaired) electrons. The first-order chi connectivity index (χ1) is 10.3. The summed E-state index contributed by atoms with van der Waals surface area (Å²) in [6.07, 6.45) is 7.29. The van der Waals surface area contributed by atoms with E-state index in [2.05, 4.69) is 42.5 Å². The van der Waals surface area contributed by atoms with Crippen molar-refractivity contribution in [1.29, 1.82) is 0 Å². The highest BCUT2D eigenvalue weighted by atomic mass is 16.5. The third-order valence-electron chi connectivity index (χ3n) is 4.50. The van der Waals surface area contributed by atoms with Crippen molar-refractivity contribution in [2.45, 2.75) is 50.7 Å². The molecule has 2 heteroatoms. The van der Waals surface area contributed by atoms with E-state index in [4.69, 9.17) is 10.5 Å². The number of rotatable bonds is 5. The van der Waals surface area contributed by atoms with E-state index < -0.39 is 0 Å². The Morgan fingerprint density at radius 1 is 1.10 bits per heavy atom. The number of nitrogens with two attached hydrogens (primary N) is 1. The molecule has 21 heavy (non-hydrogen) atoms. The molecule has 0 aromatic heterocycles. The van der Waals surface area contributed by atoms with Crippen molar-refractivity contribution in [3.8, 4) is 0 Å². The fraction of sp³-hybridized carbons (Fsp3) is 0.474. The zero-order valence-electron chi connectivity index (χ0n) is 12.6. The van der Waals surface area contributed by atoms with Gasteiger partial charge in [0.25, 0.3) is 0 Å². The lowest BCUT2D eigenvalue weighted by Gasteiger charge is -2.24. The lowest BCUT2D eigenvalue weighted by Crippen LogP contribution is -2.27. The number of fused-ring (bicyclic) bond motifs is 1. The van der Waals surface area contributed by atoms with Gasteiger partial charge >= 0.3 is 0 Å². The minimum absolute atomic E-state index is 0.223. The van der Waals surface area contributed by atoms with Crippen LogP contribution in [0.4, 0.5) is 0 Å². The van der Waals surface area contributed by atoms with Crippen molar-refractivity contribution in [2.75, 3.05) is 6.61 Å². The molecule has 1 aliphatic heterocycles. The Hall–Kier alpha value is -1.38. The summed E-state index contributed by atoms with van der Waals surface area (Å²) in [7, 11) is 0. The Labute approximate surface area is 127 Å². The van der Waals surface area contributed by atoms with Gasteiger partial charge in [0, 0.05) is 12.6 Å². The molecule has 0 amide bonds. The van der Waals surface area contributed by atoms with E-state index in [1.807, 2.05) is 0 Å². The maximum atomic E-state index is 6.36. The normalized spacial score (nSPS) is 20.5. The van der Waals surface area contributed by atoms with E-state index in [0.717, 1.165) is 25.9 Å². The standard InChI is InChI=1S/C19H25NO/c20-17(11-12-18-9-3-4-13-21-18)14-16-8-5-7-15-6-1-2-10-19(15)16/h1-2,5-8,10,17-18H,3-4,9,11-14,20H2. The summed E-state index contributed by atoms with van der Waals surface area (Å²) in [6, 6.07) is 15.3. The molecule has 0 bridgehead atoms. The number of ether oxygens (including phenoxy) is 1. The fourth-order valence-corrected chi connectivity index (χ4v) is 3.29. The van der Waals surface area contributed by atoms with Crippen LogP contribution in [0.5, 0.6) is 0 Å². The first-order valence-electron chi connectivity index (χ1n) is 8.17. The highest BCUT2D eigenvalue weighted by Crippen LogP contribution is 2.22. The van der Waals surface area contributed by atoms with Crippen molar-refractivity contribution in [1.82, 2.24) is 0 Å². The van der Waals surface area contributed by atoms with Gasteiger partial charge in [-0.3, -0.25) is 0 Å². The Morgan fingerprint density at radius 2 is 1.95 bits per heavy atom. The molecule has 1 fully saturated rings. The summed E-state index contributed by atoms with van der Waals surface area (Å²) in [5, 5.41) is 2.64. The molecule has 1 aliphatic rings. The molecule has 0 spiro atoms. The van der Waals surface area contributed by atoms with Gasteiger partial charge in [0.1, 0.15) is 0 Å². The van der Waals surface area contributed by atoms with Gasteiger partial charge in [0.15, 0.2) is 0 Å². The molecule has 2 nitrogen and oxygen atoms in total. The Morgan fingerprint density at radius 3 is 2.81 bits per heavy atom. The third kappa shape index (κ3) is 3.84. The molecular weight excluding hydrogens is 258 g/mol. The summed E-state index contributed by atoms with van der Waals surface area (Å²) in [5.74, 6) is 0. The lowest BCUT2D eigenvalue weighted by molar-refractivity contribution is 0.00916. The number of benzene rings is 2. The maximum Gasteiger partial charge on any atom is 0.0575 e. The average Bonchev–Trinajstić information content (AvgIpc) is 2.54. The molecule has 2 aromatic rings. The van der Waals surface area contributed by atoms with Crippen molar-refractivity contribution >= 4 is 10.8 Å². The summed E-state index contributed by atoms with van der Waals surface area (Å²) in [6.45, 7) is 0.934. The molecule has 2 atom stereocenters. The van der Waals surface area contributed by atoms with Crippen LogP contribution in [0, 0.1) is 0 Å². The van der Waals surface area contributed by atoms with Crippen LogP contribution >= 0.6 is 0 Å². The Bertz CT molecular complexity index is 569. The third-order valence-corrected chi connectivity index (χ3v) is 4.50. The molecule has 2 aromatic carbocycles. The predicted molar refractivity (Wildman–Crippen MR) is 88.5 cm³/mol. The molecule has 0 saturated carbocycles. The van der Waals surface area contributed by atoms with Gasteiger partial charge in [-0.15, -0.1) is 0 Å². The Kier molecular flexibility index (Phi) is 4.89. The second kappa shape index (κ2) is 7.06. The van der Waals surface area contributed by atoms with Crippen molar-refractivity contribution < 1.29 is 4.74 Å². The molecule has 0 aliphatic carbocycles. The second-order valence-corrected chi connectivity index (χ2v) is 6.17. The van der Waals surface area contributed by atoms with E-state index in [1.54, 1.807) is 0 Å². The van der Waals surface area contributed by atoms with Crippen LogP contribution in [0.15, 0.2) is 42.5 Å². The number of hydrogen-bond acceptors (Lipinski definition) is 2. The number of hydrogen-bond donors (Lipinski definition) is 1. The maximum absolute atomic E-state index is 6.36. The van der Waals surface area contributed by atoms with Crippen LogP contribution in [-0.2, 0) is 11.2 Å². The van der Waals surface area contributed by atoms with Crippen molar-refractivity contribution in [3.05, 3.63) is 48.0 Å². The SMILES string of the molecule is NC(CCC1CCCCO1)Cc1cccc2ccccc12. The summed E-state index contributed by atoms with van der Waals surface area (Å²) in [5.41, 5.74) is 7.72. The van der Waals surface area contributed by atoms with Gasteiger partial charge in [-0.25, -0.2) is 0 Å². The van der Waals surface area contributed by atoms with E-state index in [1.165, 1.54) is 35.6 Å². The smallest absolute Gasteiger partial charge is 0.0575 e. The van der Waals surface area contributed by atoms with Crippen LogP contribution in [0.1, 0.15) is 37.7 Å². The average molecular weight is 283 g/mol. The van der Waals surface area contributed by atoms with E-state index in [-0.39, 0.29) is 6.04 Å². The lowest BCUT2D eigenvalue weighted by atomic mass is 9.95. The van der Waals surface area contributed by atoms with Crippen LogP contribution < -0.4 is 5.73 Å². The zero-order valence-corrected chi connectivity index (χ0v) is 12.6. The highest BCUT2D eigenvalue weighted by Gasteiger charge is 2.15. The molecule has 3 rings (SSSR count). The van der Waals surface area contributed by atoms with Gasteiger partial charge in [0.05, 0.1) is 6.10 Å². The summed E-state index contributed by atoms with van der Waals surface area (Å²) >= 11 is 0. The summed E-state index contributed by atoms with van der Waals surface area (Å²) < 4.78 is 5.79. The van der Waals surface area contributed by atoms with Crippen molar-refractivity contribution in [2.24, 2.45) is 5.73 Å². The van der Waals surface area contributed by atoms with Gasteiger partial charge in [-0.1, -0.05) is 42.5 Å². The van der Waals surface area contributed by atoms with Crippen LogP contribution in [0.25, 0.3) is 10.8 Å². The molecule has 1 heterocycles. The van der Waals surface area contributed by atoms with E-state index in [9.17, 15) is 0 Å². The van der Waals surface area contributed by atoms with Crippen molar-refractivity contribution in [3.63, 3.8) is 0 Å². The highest BCUT2D eigenvalue weighted by molar-refractivity contribution is 5.85. The minimum Gasteiger partial charge on any atom is -0.378 e. The summed E-state index contributed by atoms with van der Waals surface area (Å²) in [4.78, 5) is 0. The Balaban J connectivity index is 1.59. The first kappa shape index (κ1) is 14.6. The van der Waals surface area contributed by atoms with Crippen LogP contribution in [-0.4, -0.2) is 18.8 Å². The quantitative estimate of drug-likeness (QED) is 0.898. The van der Waals surface area contributed by atoms with Crippen LogP contribution in [0.2, 0.25) is 0 Å². The second-order valence-electron chi connectivity index (χ2n) is 6.17. The topological polar surface area (TPSA) is 35.2 Å². The molecule has 112 valence electrons. The predicted octanol–water partition coefficient (Wildman–Crippen LogP) is 4.06. The van der Waals surface area contributed by atoms with Gasteiger partial charge in [-0.05, 0) is 54.9 Å². The van der Waals surface area contributed by atoms with E-state index in [0.29, 0.717) is 6.10 Å². The van der Waals surface area contributed by atoms with Gasteiger partial charge in [-0.2, -0.15) is 0 Å². The van der Waals surface area contributed by atoms with Gasteiger partial charge < -0.3 is 10.5 Å². The van der Waals surface area contributed by atoms with Crippen LogP contribution in [0.3, 0.4) is 0 Å². The first-order valence-corrected chi connectivity index (χ1v) is 8.17. The van der Waals surface area contributed by atoms with E-state index >= 15 is 0 Å². The molecule has 2 N–H and O–H groups in total. The minimum atomic E-state index is 0.223. The van der Waals surface area contributed by atoms with Gasteiger partial charge in [0.2, 0.25) is 0 Å². The monoisotopic (exact) mass is 283 g/mol. The zero-order chi connectivity index (χ0) is 14.5. The largest absolute Gasteiger partial charge is 0.378 e.